The van der Waals surface area contributed by atoms with Gasteiger partial charge < -0.3 is 15.2 Å². The molecule has 1 fully saturated rings. The SMILES string of the molecule is Cc1cc(C2(N)CCCCC2)c2c(c1C)OCCO2. The van der Waals surface area contributed by atoms with Crippen LogP contribution in [0.1, 0.15) is 48.8 Å². The lowest BCUT2D eigenvalue weighted by molar-refractivity contribution is 0.162. The molecule has 1 heterocycles. The van der Waals surface area contributed by atoms with Crippen LogP contribution in [-0.4, -0.2) is 13.2 Å². The summed E-state index contributed by atoms with van der Waals surface area (Å²) in [6.45, 7) is 5.48. The Morgan fingerprint density at radius 2 is 1.63 bits per heavy atom. The van der Waals surface area contributed by atoms with Gasteiger partial charge in [0.2, 0.25) is 0 Å². The van der Waals surface area contributed by atoms with Gasteiger partial charge in [-0.2, -0.15) is 0 Å². The highest BCUT2D eigenvalue weighted by atomic mass is 16.6. The van der Waals surface area contributed by atoms with E-state index < -0.39 is 0 Å². The van der Waals surface area contributed by atoms with Gasteiger partial charge in [-0.3, -0.25) is 0 Å². The van der Waals surface area contributed by atoms with E-state index in [0.29, 0.717) is 13.2 Å². The van der Waals surface area contributed by atoms with E-state index >= 15 is 0 Å². The van der Waals surface area contributed by atoms with Crippen molar-refractivity contribution >= 4 is 0 Å². The lowest BCUT2D eigenvalue weighted by Crippen LogP contribution is -2.39. The smallest absolute Gasteiger partial charge is 0.166 e. The molecule has 0 amide bonds. The second kappa shape index (κ2) is 4.71. The number of ether oxygens (including phenoxy) is 2. The lowest BCUT2D eigenvalue weighted by Gasteiger charge is -2.37. The molecule has 0 radical (unpaired) electrons. The third kappa shape index (κ3) is 2.10. The predicted octanol–water partition coefficient (Wildman–Crippen LogP) is 3.19. The minimum Gasteiger partial charge on any atom is -0.486 e. The van der Waals surface area contributed by atoms with Crippen LogP contribution in [0.2, 0.25) is 0 Å². The summed E-state index contributed by atoms with van der Waals surface area (Å²) < 4.78 is 11.7. The van der Waals surface area contributed by atoms with Crippen LogP contribution >= 0.6 is 0 Å². The van der Waals surface area contributed by atoms with Crippen LogP contribution in [0.4, 0.5) is 0 Å². The molecule has 1 aromatic rings. The van der Waals surface area contributed by atoms with E-state index in [9.17, 15) is 0 Å². The Kier molecular flexibility index (Phi) is 3.17. The van der Waals surface area contributed by atoms with Crippen LogP contribution in [0.25, 0.3) is 0 Å². The Hall–Kier alpha value is -1.22. The highest BCUT2D eigenvalue weighted by Crippen LogP contribution is 2.46. The zero-order valence-corrected chi connectivity index (χ0v) is 11.9. The van der Waals surface area contributed by atoms with Crippen molar-refractivity contribution in [1.29, 1.82) is 0 Å². The van der Waals surface area contributed by atoms with Crippen molar-refractivity contribution in [3.8, 4) is 11.5 Å². The highest BCUT2D eigenvalue weighted by molar-refractivity contribution is 5.57. The summed E-state index contributed by atoms with van der Waals surface area (Å²) in [5, 5.41) is 0. The number of fused-ring (bicyclic) bond motifs is 1. The molecule has 1 aliphatic heterocycles. The predicted molar refractivity (Wildman–Crippen MR) is 75.9 cm³/mol. The van der Waals surface area contributed by atoms with Gasteiger partial charge in [0.1, 0.15) is 13.2 Å². The Bertz CT molecular complexity index is 490. The van der Waals surface area contributed by atoms with E-state index in [4.69, 9.17) is 15.2 Å². The van der Waals surface area contributed by atoms with E-state index in [1.165, 1.54) is 30.4 Å². The van der Waals surface area contributed by atoms with E-state index in [0.717, 1.165) is 29.9 Å². The number of nitrogens with two attached hydrogens (primary N) is 1. The molecule has 1 aliphatic carbocycles. The van der Waals surface area contributed by atoms with Gasteiger partial charge in [0, 0.05) is 11.1 Å². The maximum absolute atomic E-state index is 6.69. The molecule has 0 aromatic heterocycles. The standard InChI is InChI=1S/C16H23NO2/c1-11-10-13(16(17)6-4-3-5-7-16)15-14(12(11)2)18-8-9-19-15/h10H,3-9,17H2,1-2H3. The Labute approximate surface area is 115 Å². The van der Waals surface area contributed by atoms with Crippen molar-refractivity contribution in [2.24, 2.45) is 5.73 Å². The first-order chi connectivity index (χ1) is 9.12. The van der Waals surface area contributed by atoms with Crippen LogP contribution in [0.15, 0.2) is 6.07 Å². The number of benzene rings is 1. The van der Waals surface area contributed by atoms with Crippen LogP contribution in [0.5, 0.6) is 11.5 Å². The van der Waals surface area contributed by atoms with Crippen LogP contribution < -0.4 is 15.2 Å². The summed E-state index contributed by atoms with van der Waals surface area (Å²) in [5.41, 5.74) is 10.0. The average Bonchev–Trinajstić information content (AvgIpc) is 2.43. The minimum absolute atomic E-state index is 0.235. The molecule has 0 spiro atoms. The second-order valence-electron chi connectivity index (χ2n) is 5.94. The van der Waals surface area contributed by atoms with Gasteiger partial charge in [-0.25, -0.2) is 0 Å². The number of hydrogen-bond donors (Lipinski definition) is 1. The summed E-state index contributed by atoms with van der Waals surface area (Å²) >= 11 is 0. The van der Waals surface area contributed by atoms with Crippen molar-refractivity contribution < 1.29 is 9.47 Å². The Morgan fingerprint density at radius 1 is 1.00 bits per heavy atom. The fraction of sp³-hybridized carbons (Fsp3) is 0.625. The van der Waals surface area contributed by atoms with Gasteiger partial charge in [0.05, 0.1) is 0 Å². The van der Waals surface area contributed by atoms with Crippen molar-refractivity contribution in [2.75, 3.05) is 13.2 Å². The summed E-state index contributed by atoms with van der Waals surface area (Å²) in [6, 6.07) is 2.22. The third-order valence-corrected chi connectivity index (χ3v) is 4.60. The zero-order chi connectivity index (χ0) is 13.5. The normalized spacial score (nSPS) is 21.2. The second-order valence-corrected chi connectivity index (χ2v) is 5.94. The first-order valence-corrected chi connectivity index (χ1v) is 7.31. The summed E-state index contributed by atoms with van der Waals surface area (Å²) in [5.74, 6) is 1.82. The van der Waals surface area contributed by atoms with E-state index in [2.05, 4.69) is 19.9 Å². The Balaban J connectivity index is 2.12. The quantitative estimate of drug-likeness (QED) is 0.844. The van der Waals surface area contributed by atoms with Crippen LogP contribution in [0, 0.1) is 13.8 Å². The van der Waals surface area contributed by atoms with Gasteiger partial charge >= 0.3 is 0 Å². The molecule has 0 bridgehead atoms. The zero-order valence-electron chi connectivity index (χ0n) is 11.9. The fourth-order valence-electron chi connectivity index (χ4n) is 3.29. The van der Waals surface area contributed by atoms with Crippen LogP contribution in [0.3, 0.4) is 0 Å². The molecular formula is C16H23NO2. The number of aryl methyl sites for hydroxylation is 1. The molecule has 1 saturated carbocycles. The molecule has 3 rings (SSSR count). The van der Waals surface area contributed by atoms with E-state index in [-0.39, 0.29) is 5.54 Å². The van der Waals surface area contributed by atoms with E-state index in [1.54, 1.807) is 0 Å². The van der Waals surface area contributed by atoms with Crippen molar-refractivity contribution in [1.82, 2.24) is 0 Å². The molecule has 0 atom stereocenters. The average molecular weight is 261 g/mol. The Morgan fingerprint density at radius 3 is 2.32 bits per heavy atom. The first kappa shape index (κ1) is 12.8. The van der Waals surface area contributed by atoms with Gasteiger partial charge in [-0.05, 0) is 43.9 Å². The van der Waals surface area contributed by atoms with Gasteiger partial charge in [0.25, 0.3) is 0 Å². The fourth-order valence-corrected chi connectivity index (χ4v) is 3.29. The molecule has 104 valence electrons. The van der Waals surface area contributed by atoms with Crippen LogP contribution in [-0.2, 0) is 5.54 Å². The van der Waals surface area contributed by atoms with Gasteiger partial charge in [-0.15, -0.1) is 0 Å². The summed E-state index contributed by atoms with van der Waals surface area (Å²) in [7, 11) is 0. The monoisotopic (exact) mass is 261 g/mol. The maximum atomic E-state index is 6.69. The molecule has 19 heavy (non-hydrogen) atoms. The minimum atomic E-state index is -0.235. The molecule has 0 unspecified atom stereocenters. The van der Waals surface area contributed by atoms with Crippen molar-refractivity contribution in [3.05, 3.63) is 22.8 Å². The molecule has 3 heteroatoms. The highest BCUT2D eigenvalue weighted by Gasteiger charge is 2.35. The largest absolute Gasteiger partial charge is 0.486 e. The topological polar surface area (TPSA) is 44.5 Å². The van der Waals surface area contributed by atoms with Crippen molar-refractivity contribution in [3.63, 3.8) is 0 Å². The molecule has 1 aromatic carbocycles. The molecule has 0 saturated heterocycles. The van der Waals surface area contributed by atoms with Gasteiger partial charge in [-0.1, -0.05) is 19.3 Å². The molecular weight excluding hydrogens is 238 g/mol. The summed E-state index contributed by atoms with van der Waals surface area (Å²) in [6.07, 6.45) is 5.80. The molecule has 2 N–H and O–H groups in total. The first-order valence-electron chi connectivity index (χ1n) is 7.31. The number of rotatable bonds is 1. The maximum Gasteiger partial charge on any atom is 0.166 e. The van der Waals surface area contributed by atoms with Crippen molar-refractivity contribution in [2.45, 2.75) is 51.5 Å². The van der Waals surface area contributed by atoms with E-state index in [1.807, 2.05) is 0 Å². The third-order valence-electron chi connectivity index (χ3n) is 4.60. The van der Waals surface area contributed by atoms with Gasteiger partial charge in [0.15, 0.2) is 11.5 Å². The molecule has 3 nitrogen and oxygen atoms in total. The number of hydrogen-bond acceptors (Lipinski definition) is 3. The molecule has 2 aliphatic rings. The lowest BCUT2D eigenvalue weighted by atomic mass is 9.76. The summed E-state index contributed by atoms with van der Waals surface area (Å²) in [4.78, 5) is 0.